The molecular weight excluding hydrogens is 739 g/mol. The predicted octanol–water partition coefficient (Wildman–Crippen LogP) is 6.29. The number of amides is 2. The molecule has 4 heterocycles. The van der Waals surface area contributed by atoms with Gasteiger partial charge in [-0.15, -0.1) is 0 Å². The van der Waals surface area contributed by atoms with E-state index in [0.29, 0.717) is 67.7 Å². The Morgan fingerprint density at radius 2 is 1.57 bits per heavy atom. The lowest BCUT2D eigenvalue weighted by molar-refractivity contribution is -0.160. The Labute approximate surface area is 329 Å². The summed E-state index contributed by atoms with van der Waals surface area (Å²) in [5, 5.41) is 5.05. The molecule has 4 atom stereocenters. The summed E-state index contributed by atoms with van der Waals surface area (Å²) in [6, 6.07) is 11.4. The number of rotatable bonds is 12. The van der Waals surface area contributed by atoms with Crippen LogP contribution in [0.25, 0.3) is 22.3 Å². The summed E-state index contributed by atoms with van der Waals surface area (Å²) in [6.07, 6.45) is 7.72. The van der Waals surface area contributed by atoms with Crippen molar-refractivity contribution < 1.29 is 37.0 Å². The fourth-order valence-electron chi connectivity index (χ4n) is 7.44. The molecule has 0 unspecified atom stereocenters. The summed E-state index contributed by atoms with van der Waals surface area (Å²) in [5.41, 5.74) is 1.51. The maximum absolute atomic E-state index is 13.9. The Morgan fingerprint density at radius 3 is 2.21 bits per heavy atom. The van der Waals surface area contributed by atoms with Gasteiger partial charge in [0, 0.05) is 61.6 Å². The summed E-state index contributed by atoms with van der Waals surface area (Å²) in [5.74, 6) is -1.04. The van der Waals surface area contributed by atoms with Gasteiger partial charge in [0.1, 0.15) is 29.3 Å². The first-order chi connectivity index (χ1) is 26.2. The summed E-state index contributed by atoms with van der Waals surface area (Å²) in [7, 11) is -3.59. The van der Waals surface area contributed by atoms with Crippen molar-refractivity contribution in [2.75, 3.05) is 32.4 Å². The zero-order valence-corrected chi connectivity index (χ0v) is 34.7. The Bertz CT molecular complexity index is 2120. The summed E-state index contributed by atoms with van der Waals surface area (Å²) < 4.78 is 52.3. The Morgan fingerprint density at radius 1 is 0.929 bits per heavy atom. The molecule has 1 saturated heterocycles. The molecule has 56 heavy (non-hydrogen) atoms. The minimum Gasteiger partial charge on any atom is -0.444 e. The highest BCUT2D eigenvalue weighted by atomic mass is 32.2. The molecule has 2 fully saturated rings. The van der Waals surface area contributed by atoms with E-state index in [-0.39, 0.29) is 24.2 Å². The molecule has 16 heteroatoms. The summed E-state index contributed by atoms with van der Waals surface area (Å²) in [4.78, 5) is 39.6. The van der Waals surface area contributed by atoms with Crippen LogP contribution in [0.4, 0.5) is 9.59 Å². The van der Waals surface area contributed by atoms with Gasteiger partial charge < -0.3 is 33.3 Å². The number of carbonyl (C=O) groups excluding carboxylic acids is 2. The number of hydrogen-bond acceptors (Lipinski definition) is 11. The molecule has 15 nitrogen and oxygen atoms in total. The van der Waals surface area contributed by atoms with E-state index in [4.69, 9.17) is 18.9 Å². The first kappa shape index (κ1) is 41.1. The standard InChI is InChI=1S/C40H55N7O8S/c1-38(2,3)54-36(48)44(20-16-27-14-11-10-12-15-27)18-13-19-45(37(49)55-39(4,5)6)24-28-22-32(34-33(28)52-40(7,8)53-34)46-25-30(29-23-41-26-42-35(29)46)31-17-21-47(43-31)56(9,50)51/h10-12,14-15,17,21,23,25-26,28,32-34H,13,16,18-20,22,24H2,1-9H3/t28-,32-,33-,34+/m1/s1. The molecule has 0 spiro atoms. The van der Waals surface area contributed by atoms with E-state index in [1.807, 2.05) is 96.5 Å². The van der Waals surface area contributed by atoms with Crippen LogP contribution in [-0.2, 0) is 35.4 Å². The first-order valence-corrected chi connectivity index (χ1v) is 20.9. The average Bonchev–Trinajstić information content (AvgIpc) is 3.86. The smallest absolute Gasteiger partial charge is 0.410 e. The number of ether oxygens (including phenoxy) is 4. The fourth-order valence-corrected chi connectivity index (χ4v) is 7.96. The molecule has 1 aliphatic carbocycles. The second-order valence-corrected chi connectivity index (χ2v) is 19.0. The van der Waals surface area contributed by atoms with E-state index in [1.54, 1.807) is 22.1 Å². The van der Waals surface area contributed by atoms with E-state index in [9.17, 15) is 18.0 Å². The van der Waals surface area contributed by atoms with Crippen LogP contribution in [0.2, 0.25) is 0 Å². The van der Waals surface area contributed by atoms with Crippen LogP contribution in [0.1, 0.15) is 79.8 Å². The third kappa shape index (κ3) is 9.87. The molecule has 4 aromatic rings. The number of benzene rings is 1. The second-order valence-electron chi connectivity index (χ2n) is 17.2. The Balaban J connectivity index is 1.25. The normalized spacial score (nSPS) is 20.9. The maximum Gasteiger partial charge on any atom is 0.410 e. The van der Waals surface area contributed by atoms with Gasteiger partial charge in [-0.25, -0.2) is 28.0 Å². The van der Waals surface area contributed by atoms with Gasteiger partial charge in [-0.3, -0.25) is 0 Å². The highest BCUT2D eigenvalue weighted by Crippen LogP contribution is 2.48. The lowest BCUT2D eigenvalue weighted by Gasteiger charge is -2.32. The number of aromatic nitrogens is 5. The van der Waals surface area contributed by atoms with Gasteiger partial charge in [0.15, 0.2) is 5.79 Å². The SMILES string of the molecule is CC(C)(C)OC(=O)N(CCCN(C[C@H]1C[C@@H](n2cc(-c3ccn(S(C)(=O)=O)n3)c3cncnc32)[C@@H]2OC(C)(C)O[C@H]12)C(=O)OC(C)(C)C)CCc1ccccc1. The molecule has 304 valence electrons. The second kappa shape index (κ2) is 15.8. The molecule has 2 aliphatic rings. The van der Waals surface area contributed by atoms with Crippen molar-refractivity contribution in [3.05, 3.63) is 66.9 Å². The Hall–Kier alpha value is -4.54. The van der Waals surface area contributed by atoms with Crippen molar-refractivity contribution in [2.45, 2.75) is 110 Å². The highest BCUT2D eigenvalue weighted by molar-refractivity contribution is 7.89. The topological polar surface area (TPSA) is 160 Å². The molecule has 1 saturated carbocycles. The van der Waals surface area contributed by atoms with E-state index < -0.39 is 39.2 Å². The molecule has 0 N–H and O–H groups in total. The third-order valence-corrected chi connectivity index (χ3v) is 10.6. The van der Waals surface area contributed by atoms with Crippen LogP contribution in [0.3, 0.4) is 0 Å². The van der Waals surface area contributed by atoms with Crippen molar-refractivity contribution in [1.82, 2.24) is 33.5 Å². The van der Waals surface area contributed by atoms with Crippen molar-refractivity contribution >= 4 is 33.2 Å². The van der Waals surface area contributed by atoms with Crippen LogP contribution in [0.15, 0.2) is 61.3 Å². The van der Waals surface area contributed by atoms with Gasteiger partial charge in [-0.05, 0) is 86.3 Å². The van der Waals surface area contributed by atoms with Crippen molar-refractivity contribution in [3.8, 4) is 11.3 Å². The Kier molecular flexibility index (Phi) is 11.6. The minimum atomic E-state index is -3.59. The van der Waals surface area contributed by atoms with Gasteiger partial charge in [0.2, 0.25) is 0 Å². The van der Waals surface area contributed by atoms with E-state index in [0.717, 1.165) is 15.9 Å². The van der Waals surface area contributed by atoms with Crippen LogP contribution >= 0.6 is 0 Å². The van der Waals surface area contributed by atoms with Gasteiger partial charge >= 0.3 is 12.2 Å². The zero-order valence-electron chi connectivity index (χ0n) is 33.8. The van der Waals surface area contributed by atoms with Gasteiger partial charge in [0.25, 0.3) is 10.0 Å². The first-order valence-electron chi connectivity index (χ1n) is 19.1. The molecule has 1 aromatic carbocycles. The summed E-state index contributed by atoms with van der Waals surface area (Å²) >= 11 is 0. The summed E-state index contributed by atoms with van der Waals surface area (Å²) in [6.45, 7) is 16.3. The van der Waals surface area contributed by atoms with Crippen LogP contribution in [-0.4, -0.2) is 116 Å². The van der Waals surface area contributed by atoms with Gasteiger partial charge in [-0.2, -0.15) is 9.19 Å². The number of carbonyl (C=O) groups is 2. The highest BCUT2D eigenvalue weighted by Gasteiger charge is 2.55. The van der Waals surface area contributed by atoms with Crippen LogP contribution in [0, 0.1) is 5.92 Å². The quantitative estimate of drug-likeness (QED) is 0.159. The number of fused-ring (bicyclic) bond motifs is 2. The molecule has 3 aromatic heterocycles. The maximum atomic E-state index is 13.9. The van der Waals surface area contributed by atoms with Crippen molar-refractivity contribution in [1.29, 1.82) is 0 Å². The molecule has 2 amide bonds. The monoisotopic (exact) mass is 793 g/mol. The lowest BCUT2D eigenvalue weighted by Crippen LogP contribution is -2.44. The molecular formula is C40H55N7O8S. The fraction of sp³-hybridized carbons (Fsp3) is 0.575. The van der Waals surface area contributed by atoms with Crippen LogP contribution in [0.5, 0.6) is 0 Å². The molecule has 0 bridgehead atoms. The third-order valence-electron chi connectivity index (χ3n) is 9.71. The van der Waals surface area contributed by atoms with Crippen LogP contribution < -0.4 is 0 Å². The minimum absolute atomic E-state index is 0.161. The largest absolute Gasteiger partial charge is 0.444 e. The van der Waals surface area contributed by atoms with Crippen molar-refractivity contribution in [2.24, 2.45) is 5.92 Å². The van der Waals surface area contributed by atoms with Gasteiger partial charge in [-0.1, -0.05) is 30.3 Å². The molecule has 1 aliphatic heterocycles. The molecule has 0 radical (unpaired) electrons. The number of nitrogens with zero attached hydrogens (tertiary/aromatic N) is 7. The predicted molar refractivity (Wildman–Crippen MR) is 210 cm³/mol. The van der Waals surface area contributed by atoms with E-state index in [2.05, 4.69) is 15.1 Å². The van der Waals surface area contributed by atoms with E-state index in [1.165, 1.54) is 12.5 Å². The number of hydrogen-bond donors (Lipinski definition) is 0. The van der Waals surface area contributed by atoms with E-state index >= 15 is 0 Å². The zero-order chi connectivity index (χ0) is 40.6. The molecule has 6 rings (SSSR count). The lowest BCUT2D eigenvalue weighted by atomic mass is 10.0. The van der Waals surface area contributed by atoms with Crippen molar-refractivity contribution in [3.63, 3.8) is 0 Å². The van der Waals surface area contributed by atoms with Gasteiger partial charge in [0.05, 0.1) is 24.1 Å². The average molecular weight is 794 g/mol.